The van der Waals surface area contributed by atoms with Crippen molar-refractivity contribution in [3.05, 3.63) is 52.3 Å². The molecule has 4 rings (SSSR count). The number of rotatable bonds is 3. The molecule has 2 aliphatic rings. The Kier molecular flexibility index (Phi) is 4.05. The smallest absolute Gasteiger partial charge is 0.126 e. The predicted octanol–water partition coefficient (Wildman–Crippen LogP) is 4.77. The topological polar surface area (TPSA) is 18.5 Å². The maximum Gasteiger partial charge on any atom is 0.126 e. The predicted molar refractivity (Wildman–Crippen MR) is 93.2 cm³/mol. The Morgan fingerprint density at radius 1 is 1.08 bits per heavy atom. The first-order valence-electron chi connectivity index (χ1n) is 8.80. The third-order valence-electron chi connectivity index (χ3n) is 5.19. The lowest BCUT2D eigenvalue weighted by molar-refractivity contribution is 0.141. The molecule has 1 atom stereocenters. The zero-order valence-corrected chi connectivity index (χ0v) is 14.3. The average molecular weight is 326 g/mol. The average Bonchev–Trinajstić information content (AvgIpc) is 3.20. The van der Waals surface area contributed by atoms with Crippen molar-refractivity contribution >= 4 is 0 Å². The lowest BCUT2D eigenvalue weighted by Crippen LogP contribution is -2.15. The van der Waals surface area contributed by atoms with Crippen molar-refractivity contribution in [2.45, 2.75) is 45.6 Å². The largest absolute Gasteiger partial charge is 0.488 e. The molecule has 1 saturated heterocycles. The van der Waals surface area contributed by atoms with E-state index >= 15 is 0 Å². The maximum absolute atomic E-state index is 14.0. The molecule has 0 radical (unpaired) electrons. The van der Waals surface area contributed by atoms with Crippen molar-refractivity contribution in [3.63, 3.8) is 0 Å². The summed E-state index contributed by atoms with van der Waals surface area (Å²) < 4.78 is 25.5. The quantitative estimate of drug-likeness (QED) is 0.809. The molecule has 0 bridgehead atoms. The second-order valence-corrected chi connectivity index (χ2v) is 6.94. The van der Waals surface area contributed by atoms with Crippen LogP contribution in [-0.2, 0) is 17.6 Å². The van der Waals surface area contributed by atoms with Gasteiger partial charge in [0, 0.05) is 6.42 Å². The summed E-state index contributed by atoms with van der Waals surface area (Å²) in [6.07, 6.45) is 3.98. The van der Waals surface area contributed by atoms with Crippen molar-refractivity contribution in [1.82, 2.24) is 0 Å². The second-order valence-electron chi connectivity index (χ2n) is 6.94. The fourth-order valence-electron chi connectivity index (χ4n) is 4.11. The molecule has 0 saturated carbocycles. The van der Waals surface area contributed by atoms with Gasteiger partial charge in [-0.25, -0.2) is 4.39 Å². The number of hydrogen-bond acceptors (Lipinski definition) is 2. The third kappa shape index (κ3) is 2.71. The highest BCUT2D eigenvalue weighted by Gasteiger charge is 2.22. The SMILES string of the molecule is Cc1cc(O[C@H]2CCOC2)cc(C)c1-c1ccc(F)c2c1CCC2. The van der Waals surface area contributed by atoms with Crippen LogP contribution < -0.4 is 4.74 Å². The van der Waals surface area contributed by atoms with Crippen molar-refractivity contribution in [3.8, 4) is 16.9 Å². The van der Waals surface area contributed by atoms with E-state index in [4.69, 9.17) is 9.47 Å². The van der Waals surface area contributed by atoms with Crippen LogP contribution in [-0.4, -0.2) is 19.3 Å². The van der Waals surface area contributed by atoms with Crippen molar-refractivity contribution in [2.75, 3.05) is 13.2 Å². The lowest BCUT2D eigenvalue weighted by Gasteiger charge is -2.18. The molecule has 1 fully saturated rings. The van der Waals surface area contributed by atoms with Gasteiger partial charge in [-0.05, 0) is 84.7 Å². The van der Waals surface area contributed by atoms with Crippen molar-refractivity contribution < 1.29 is 13.9 Å². The van der Waals surface area contributed by atoms with Gasteiger partial charge in [-0.1, -0.05) is 6.07 Å². The summed E-state index contributed by atoms with van der Waals surface area (Å²) in [4.78, 5) is 0. The minimum Gasteiger partial charge on any atom is -0.488 e. The van der Waals surface area contributed by atoms with Crippen LogP contribution >= 0.6 is 0 Å². The zero-order valence-electron chi connectivity index (χ0n) is 14.3. The number of aryl methyl sites for hydroxylation is 2. The Morgan fingerprint density at radius 3 is 2.54 bits per heavy atom. The highest BCUT2D eigenvalue weighted by atomic mass is 19.1. The van der Waals surface area contributed by atoms with Crippen LogP contribution in [0.2, 0.25) is 0 Å². The van der Waals surface area contributed by atoms with E-state index in [-0.39, 0.29) is 11.9 Å². The van der Waals surface area contributed by atoms with Crippen LogP contribution in [0.15, 0.2) is 24.3 Å². The van der Waals surface area contributed by atoms with Gasteiger partial charge in [-0.3, -0.25) is 0 Å². The van der Waals surface area contributed by atoms with E-state index in [1.165, 1.54) is 27.8 Å². The molecule has 0 aromatic heterocycles. The number of hydrogen-bond donors (Lipinski definition) is 0. The van der Waals surface area contributed by atoms with Crippen LogP contribution in [0.1, 0.15) is 35.1 Å². The summed E-state index contributed by atoms with van der Waals surface area (Å²) in [6, 6.07) is 7.77. The van der Waals surface area contributed by atoms with E-state index in [0.717, 1.165) is 43.6 Å². The standard InChI is InChI=1S/C21H23FO2/c1-13-10-16(24-15-8-9-23-12-15)11-14(2)21(13)19-6-7-20(22)18-5-3-4-17(18)19/h6-7,10-11,15H,3-5,8-9,12H2,1-2H3/t15-/m0/s1. The number of fused-ring (bicyclic) bond motifs is 1. The summed E-state index contributed by atoms with van der Waals surface area (Å²) in [5, 5.41) is 0. The molecule has 2 nitrogen and oxygen atoms in total. The summed E-state index contributed by atoms with van der Waals surface area (Å²) in [5.74, 6) is 0.853. The Bertz CT molecular complexity index is 753. The highest BCUT2D eigenvalue weighted by molar-refractivity contribution is 5.76. The molecule has 0 amide bonds. The van der Waals surface area contributed by atoms with Crippen molar-refractivity contribution in [1.29, 1.82) is 0 Å². The van der Waals surface area contributed by atoms with Gasteiger partial charge in [0.05, 0.1) is 13.2 Å². The Balaban J connectivity index is 1.73. The molecule has 126 valence electrons. The van der Waals surface area contributed by atoms with Gasteiger partial charge in [0.15, 0.2) is 0 Å². The van der Waals surface area contributed by atoms with E-state index < -0.39 is 0 Å². The van der Waals surface area contributed by atoms with Gasteiger partial charge < -0.3 is 9.47 Å². The van der Waals surface area contributed by atoms with Gasteiger partial charge in [0.25, 0.3) is 0 Å². The number of halogens is 1. The molecular weight excluding hydrogens is 303 g/mol. The Labute approximate surface area is 142 Å². The fraction of sp³-hybridized carbons (Fsp3) is 0.429. The van der Waals surface area contributed by atoms with Crippen LogP contribution in [0.5, 0.6) is 5.75 Å². The molecule has 1 aliphatic carbocycles. The summed E-state index contributed by atoms with van der Waals surface area (Å²) >= 11 is 0. The van der Waals surface area contributed by atoms with E-state index in [2.05, 4.69) is 26.0 Å². The number of benzene rings is 2. The molecule has 1 aliphatic heterocycles. The molecule has 0 unspecified atom stereocenters. The molecule has 24 heavy (non-hydrogen) atoms. The summed E-state index contributed by atoms with van der Waals surface area (Å²) in [6.45, 7) is 5.68. The van der Waals surface area contributed by atoms with Crippen LogP contribution in [0.25, 0.3) is 11.1 Å². The minimum atomic E-state index is -0.0530. The van der Waals surface area contributed by atoms with Gasteiger partial charge in [-0.2, -0.15) is 0 Å². The summed E-state index contributed by atoms with van der Waals surface area (Å²) in [5.41, 5.74) is 6.89. The zero-order chi connectivity index (χ0) is 16.7. The first-order chi connectivity index (χ1) is 11.6. The normalized spacial score (nSPS) is 19.5. The van der Waals surface area contributed by atoms with Crippen LogP contribution in [0.4, 0.5) is 4.39 Å². The maximum atomic E-state index is 14.0. The van der Waals surface area contributed by atoms with E-state index in [0.29, 0.717) is 6.61 Å². The first-order valence-corrected chi connectivity index (χ1v) is 8.80. The minimum absolute atomic E-state index is 0.0530. The van der Waals surface area contributed by atoms with E-state index in [9.17, 15) is 4.39 Å². The Morgan fingerprint density at radius 2 is 1.83 bits per heavy atom. The number of ether oxygens (including phenoxy) is 2. The molecule has 1 heterocycles. The molecule has 2 aromatic rings. The lowest BCUT2D eigenvalue weighted by atomic mass is 9.90. The van der Waals surface area contributed by atoms with Gasteiger partial charge >= 0.3 is 0 Å². The Hall–Kier alpha value is -1.87. The van der Waals surface area contributed by atoms with Crippen LogP contribution in [0, 0.1) is 19.7 Å². The molecule has 0 N–H and O–H groups in total. The monoisotopic (exact) mass is 326 g/mol. The molecule has 3 heteroatoms. The van der Waals surface area contributed by atoms with E-state index in [1.54, 1.807) is 6.07 Å². The van der Waals surface area contributed by atoms with Gasteiger partial charge in [0.1, 0.15) is 17.7 Å². The van der Waals surface area contributed by atoms with Crippen LogP contribution in [0.3, 0.4) is 0 Å². The second kappa shape index (κ2) is 6.21. The fourth-order valence-corrected chi connectivity index (χ4v) is 4.11. The van der Waals surface area contributed by atoms with Gasteiger partial charge in [0.2, 0.25) is 0 Å². The van der Waals surface area contributed by atoms with Crippen molar-refractivity contribution in [2.24, 2.45) is 0 Å². The molecule has 2 aromatic carbocycles. The first kappa shape index (κ1) is 15.6. The summed E-state index contributed by atoms with van der Waals surface area (Å²) in [7, 11) is 0. The van der Waals surface area contributed by atoms with Gasteiger partial charge in [-0.15, -0.1) is 0 Å². The van der Waals surface area contributed by atoms with E-state index in [1.807, 2.05) is 6.07 Å². The highest BCUT2D eigenvalue weighted by Crippen LogP contribution is 2.38. The molecular formula is C21H23FO2. The third-order valence-corrected chi connectivity index (χ3v) is 5.19. The molecule has 0 spiro atoms.